The third kappa shape index (κ3) is 6.74. The molecule has 5 nitrogen and oxygen atoms in total. The second-order valence-electron chi connectivity index (χ2n) is 6.45. The zero-order chi connectivity index (χ0) is 19.0. The number of halogens is 3. The fraction of sp³-hybridized carbons (Fsp3) is 0.611. The van der Waals surface area contributed by atoms with Crippen molar-refractivity contribution in [3.05, 3.63) is 30.3 Å². The molecule has 1 atom stereocenters. The average molecular weight is 371 g/mol. The van der Waals surface area contributed by atoms with Crippen molar-refractivity contribution < 1.29 is 13.2 Å². The molecule has 0 aromatic heterocycles. The number of nitrogens with one attached hydrogen (secondary N) is 2. The van der Waals surface area contributed by atoms with Crippen LogP contribution in [0.3, 0.4) is 0 Å². The number of benzene rings is 1. The van der Waals surface area contributed by atoms with Crippen LogP contribution >= 0.6 is 0 Å². The molecule has 0 saturated carbocycles. The molecule has 1 saturated heterocycles. The summed E-state index contributed by atoms with van der Waals surface area (Å²) in [7, 11) is 1.56. The smallest absolute Gasteiger partial charge is 0.369 e. The van der Waals surface area contributed by atoms with Gasteiger partial charge in [-0.05, 0) is 19.1 Å². The number of alkyl halides is 3. The molecule has 1 aliphatic rings. The number of para-hydroxylation sites is 1. The van der Waals surface area contributed by atoms with Crippen LogP contribution in [0.4, 0.5) is 18.9 Å². The molecule has 1 fully saturated rings. The lowest BCUT2D eigenvalue weighted by atomic mass is 10.2. The Kier molecular flexibility index (Phi) is 7.56. The summed E-state index contributed by atoms with van der Waals surface area (Å²) >= 11 is 0. The quantitative estimate of drug-likeness (QED) is 0.595. The predicted octanol–water partition coefficient (Wildman–Crippen LogP) is 2.31. The number of hydrogen-bond donors (Lipinski definition) is 2. The number of guanidine groups is 1. The van der Waals surface area contributed by atoms with Gasteiger partial charge >= 0.3 is 6.18 Å². The summed E-state index contributed by atoms with van der Waals surface area (Å²) in [6, 6.07) is 10.6. The first kappa shape index (κ1) is 20.4. The van der Waals surface area contributed by atoms with Gasteiger partial charge in [0, 0.05) is 58.0 Å². The third-order valence-corrected chi connectivity index (χ3v) is 4.55. The molecule has 1 unspecified atom stereocenters. The molecule has 0 radical (unpaired) electrons. The average Bonchev–Trinajstić information content (AvgIpc) is 2.64. The topological polar surface area (TPSA) is 42.9 Å². The second kappa shape index (κ2) is 9.66. The Bertz CT molecular complexity index is 554. The zero-order valence-corrected chi connectivity index (χ0v) is 15.4. The largest absolute Gasteiger partial charge is 0.390 e. The number of hydrogen-bond acceptors (Lipinski definition) is 3. The Labute approximate surface area is 153 Å². The molecule has 146 valence electrons. The summed E-state index contributed by atoms with van der Waals surface area (Å²) in [6.07, 6.45) is -5.03. The third-order valence-electron chi connectivity index (χ3n) is 4.55. The predicted molar refractivity (Wildman–Crippen MR) is 99.7 cm³/mol. The Morgan fingerprint density at radius 3 is 2.35 bits per heavy atom. The molecule has 1 aliphatic heterocycles. The van der Waals surface area contributed by atoms with E-state index in [1.165, 1.54) is 5.69 Å². The van der Waals surface area contributed by atoms with Crippen LogP contribution in [-0.4, -0.2) is 69.4 Å². The molecule has 1 aromatic rings. The van der Waals surface area contributed by atoms with Crippen molar-refractivity contribution in [2.24, 2.45) is 4.99 Å². The minimum atomic E-state index is -4.16. The van der Waals surface area contributed by atoms with Crippen LogP contribution in [0.25, 0.3) is 0 Å². The molecular weight excluding hydrogens is 343 g/mol. The van der Waals surface area contributed by atoms with Crippen LogP contribution < -0.4 is 15.5 Å². The highest BCUT2D eigenvalue weighted by Crippen LogP contribution is 2.18. The molecule has 0 amide bonds. The summed E-state index contributed by atoms with van der Waals surface area (Å²) in [6.45, 7) is 6.42. The van der Waals surface area contributed by atoms with E-state index in [0.29, 0.717) is 12.5 Å². The molecule has 1 aromatic carbocycles. The minimum Gasteiger partial charge on any atom is -0.369 e. The number of nitrogens with zero attached hydrogens (tertiary/aromatic N) is 3. The van der Waals surface area contributed by atoms with Gasteiger partial charge in [0.05, 0.1) is 6.42 Å². The molecule has 8 heteroatoms. The second-order valence-corrected chi connectivity index (χ2v) is 6.45. The standard InChI is InChI=1S/C18H28F3N5/c1-15(14-24-17(22-2)23-9-8-18(19,20)21)25-10-12-26(13-11-25)16-6-4-3-5-7-16/h3-7,15H,8-14H2,1-2H3,(H2,22,23,24). The molecule has 26 heavy (non-hydrogen) atoms. The van der Waals surface area contributed by atoms with Gasteiger partial charge in [-0.25, -0.2) is 0 Å². The lowest BCUT2D eigenvalue weighted by Crippen LogP contribution is -2.53. The lowest BCUT2D eigenvalue weighted by molar-refractivity contribution is -0.132. The summed E-state index contributed by atoms with van der Waals surface area (Å²) in [4.78, 5) is 8.73. The van der Waals surface area contributed by atoms with Gasteiger partial charge in [0.15, 0.2) is 5.96 Å². The van der Waals surface area contributed by atoms with Crippen molar-refractivity contribution in [2.45, 2.75) is 25.6 Å². The molecule has 0 aliphatic carbocycles. The van der Waals surface area contributed by atoms with Crippen molar-refractivity contribution in [1.29, 1.82) is 0 Å². The monoisotopic (exact) mass is 371 g/mol. The SMILES string of the molecule is CN=C(NCCC(F)(F)F)NCC(C)N1CCN(c2ccccc2)CC1. The maximum Gasteiger partial charge on any atom is 0.390 e. The number of aliphatic imine (C=N–C) groups is 1. The van der Waals surface area contributed by atoms with Gasteiger partial charge in [-0.1, -0.05) is 18.2 Å². The summed E-state index contributed by atoms with van der Waals surface area (Å²) in [5.41, 5.74) is 1.24. The van der Waals surface area contributed by atoms with Gasteiger partial charge in [0.1, 0.15) is 0 Å². The van der Waals surface area contributed by atoms with E-state index in [0.717, 1.165) is 26.2 Å². The first-order chi connectivity index (χ1) is 12.4. The molecule has 0 spiro atoms. The summed E-state index contributed by atoms with van der Waals surface area (Å²) < 4.78 is 36.6. The van der Waals surface area contributed by atoms with Crippen LogP contribution in [0.1, 0.15) is 13.3 Å². The first-order valence-electron chi connectivity index (χ1n) is 8.94. The Morgan fingerprint density at radius 1 is 1.12 bits per heavy atom. The molecular formula is C18H28F3N5. The Balaban J connectivity index is 1.70. The van der Waals surface area contributed by atoms with Crippen molar-refractivity contribution in [3.63, 3.8) is 0 Å². The fourth-order valence-corrected chi connectivity index (χ4v) is 2.98. The zero-order valence-electron chi connectivity index (χ0n) is 15.4. The van der Waals surface area contributed by atoms with E-state index in [-0.39, 0.29) is 12.6 Å². The van der Waals surface area contributed by atoms with Crippen LogP contribution in [0.2, 0.25) is 0 Å². The summed E-state index contributed by atoms with van der Waals surface area (Å²) in [5.74, 6) is 0.407. The van der Waals surface area contributed by atoms with E-state index in [1.54, 1.807) is 7.05 Å². The van der Waals surface area contributed by atoms with Crippen molar-refractivity contribution in [1.82, 2.24) is 15.5 Å². The van der Waals surface area contributed by atoms with E-state index in [1.807, 2.05) is 18.2 Å². The van der Waals surface area contributed by atoms with E-state index in [2.05, 4.69) is 44.5 Å². The summed E-state index contributed by atoms with van der Waals surface area (Å²) in [5, 5.41) is 5.82. The van der Waals surface area contributed by atoms with Gasteiger partial charge in [0.2, 0.25) is 0 Å². The van der Waals surface area contributed by atoms with Crippen molar-refractivity contribution in [2.75, 3.05) is 51.2 Å². The van der Waals surface area contributed by atoms with E-state index in [9.17, 15) is 13.2 Å². The molecule has 1 heterocycles. The molecule has 2 rings (SSSR count). The minimum absolute atomic E-state index is 0.173. The number of anilines is 1. The van der Waals surface area contributed by atoms with E-state index < -0.39 is 12.6 Å². The molecule has 0 bridgehead atoms. The lowest BCUT2D eigenvalue weighted by Gasteiger charge is -2.39. The fourth-order valence-electron chi connectivity index (χ4n) is 2.98. The van der Waals surface area contributed by atoms with Gasteiger partial charge in [0.25, 0.3) is 0 Å². The first-order valence-corrected chi connectivity index (χ1v) is 8.94. The van der Waals surface area contributed by atoms with Crippen LogP contribution in [0.15, 0.2) is 35.3 Å². The van der Waals surface area contributed by atoms with Gasteiger partial charge < -0.3 is 15.5 Å². The van der Waals surface area contributed by atoms with Crippen LogP contribution in [-0.2, 0) is 0 Å². The highest BCUT2D eigenvalue weighted by atomic mass is 19.4. The van der Waals surface area contributed by atoms with Crippen molar-refractivity contribution in [3.8, 4) is 0 Å². The maximum absolute atomic E-state index is 12.2. The highest BCUT2D eigenvalue weighted by molar-refractivity contribution is 5.79. The number of piperazine rings is 1. The maximum atomic E-state index is 12.2. The van der Waals surface area contributed by atoms with Crippen molar-refractivity contribution >= 4 is 11.6 Å². The van der Waals surface area contributed by atoms with Gasteiger partial charge in [-0.2, -0.15) is 13.2 Å². The van der Waals surface area contributed by atoms with Gasteiger partial charge in [-0.3, -0.25) is 9.89 Å². The Hall–Kier alpha value is -1.96. The normalized spacial score (nSPS) is 17.9. The highest BCUT2D eigenvalue weighted by Gasteiger charge is 2.26. The van der Waals surface area contributed by atoms with Crippen LogP contribution in [0.5, 0.6) is 0 Å². The Morgan fingerprint density at radius 2 is 1.77 bits per heavy atom. The molecule has 2 N–H and O–H groups in total. The van der Waals surface area contributed by atoms with Crippen LogP contribution in [0, 0.1) is 0 Å². The number of rotatable bonds is 6. The van der Waals surface area contributed by atoms with E-state index >= 15 is 0 Å². The van der Waals surface area contributed by atoms with Gasteiger partial charge in [-0.15, -0.1) is 0 Å². The van der Waals surface area contributed by atoms with E-state index in [4.69, 9.17) is 0 Å².